The van der Waals surface area contributed by atoms with Crippen LogP contribution in [-0.4, -0.2) is 63.2 Å². The molecule has 0 radical (unpaired) electrons. The topological polar surface area (TPSA) is 75.9 Å². The number of nitrogens with zero attached hydrogens (tertiary/aromatic N) is 6. The SMILES string of the molecule is COCc1nnc2c3ccccc3nc(N3CCN(C(=O)c4ccc(F)cc4)C(C)C3)n12. The van der Waals surface area contributed by atoms with Crippen LogP contribution in [0.15, 0.2) is 48.5 Å². The number of fused-ring (bicyclic) bond motifs is 3. The van der Waals surface area contributed by atoms with Crippen molar-refractivity contribution in [2.45, 2.75) is 19.6 Å². The minimum atomic E-state index is -0.355. The molecule has 2 aromatic carbocycles. The summed E-state index contributed by atoms with van der Waals surface area (Å²) in [5.74, 6) is 0.953. The van der Waals surface area contributed by atoms with Gasteiger partial charge in [0.1, 0.15) is 12.4 Å². The van der Waals surface area contributed by atoms with Gasteiger partial charge in [-0.15, -0.1) is 10.2 Å². The molecule has 1 amide bonds. The molecule has 5 rings (SSSR count). The van der Waals surface area contributed by atoms with Gasteiger partial charge in [-0.2, -0.15) is 0 Å². The lowest BCUT2D eigenvalue weighted by molar-refractivity contribution is 0.0673. The van der Waals surface area contributed by atoms with Crippen LogP contribution in [0.5, 0.6) is 0 Å². The first-order valence-electron chi connectivity index (χ1n) is 10.5. The maximum absolute atomic E-state index is 13.2. The van der Waals surface area contributed by atoms with Crippen molar-refractivity contribution in [1.82, 2.24) is 24.5 Å². The average Bonchev–Trinajstić information content (AvgIpc) is 3.23. The van der Waals surface area contributed by atoms with Crippen molar-refractivity contribution < 1.29 is 13.9 Å². The van der Waals surface area contributed by atoms with E-state index < -0.39 is 0 Å². The number of amides is 1. The minimum absolute atomic E-state index is 0.0630. The largest absolute Gasteiger partial charge is 0.377 e. The summed E-state index contributed by atoms with van der Waals surface area (Å²) in [5, 5.41) is 9.65. The van der Waals surface area contributed by atoms with Crippen LogP contribution in [0.3, 0.4) is 0 Å². The Balaban J connectivity index is 1.49. The van der Waals surface area contributed by atoms with Gasteiger partial charge in [-0.3, -0.25) is 4.79 Å². The van der Waals surface area contributed by atoms with Crippen molar-refractivity contribution in [3.63, 3.8) is 0 Å². The number of aromatic nitrogens is 4. The number of methoxy groups -OCH3 is 1. The highest BCUT2D eigenvalue weighted by Gasteiger charge is 2.30. The van der Waals surface area contributed by atoms with E-state index >= 15 is 0 Å². The van der Waals surface area contributed by atoms with Crippen LogP contribution in [0.4, 0.5) is 10.3 Å². The smallest absolute Gasteiger partial charge is 0.254 e. The number of para-hydroxylation sites is 1. The quantitative estimate of drug-likeness (QED) is 0.492. The zero-order chi connectivity index (χ0) is 22.2. The Kier molecular flexibility index (Phi) is 5.18. The fourth-order valence-corrected chi connectivity index (χ4v) is 4.25. The number of ether oxygens (including phenoxy) is 1. The van der Waals surface area contributed by atoms with Crippen LogP contribution < -0.4 is 4.90 Å². The van der Waals surface area contributed by atoms with Gasteiger partial charge in [-0.05, 0) is 43.3 Å². The Hall–Kier alpha value is -3.59. The number of hydrogen-bond acceptors (Lipinski definition) is 6. The van der Waals surface area contributed by atoms with E-state index in [-0.39, 0.29) is 17.8 Å². The fourth-order valence-electron chi connectivity index (χ4n) is 4.25. The molecule has 8 nitrogen and oxygen atoms in total. The van der Waals surface area contributed by atoms with Crippen molar-refractivity contribution in [2.75, 3.05) is 31.6 Å². The first-order chi connectivity index (χ1) is 15.6. The summed E-state index contributed by atoms with van der Waals surface area (Å²) in [4.78, 5) is 21.9. The molecule has 1 atom stereocenters. The molecule has 0 spiro atoms. The van der Waals surface area contributed by atoms with Gasteiger partial charge in [0.15, 0.2) is 11.5 Å². The van der Waals surface area contributed by atoms with E-state index in [1.165, 1.54) is 24.3 Å². The minimum Gasteiger partial charge on any atom is -0.377 e. The third-order valence-corrected chi connectivity index (χ3v) is 5.83. The zero-order valence-electron chi connectivity index (χ0n) is 17.9. The van der Waals surface area contributed by atoms with Gasteiger partial charge in [-0.1, -0.05) is 12.1 Å². The number of piperazine rings is 1. The summed E-state index contributed by atoms with van der Waals surface area (Å²) in [6, 6.07) is 13.5. The molecule has 0 N–H and O–H groups in total. The lowest BCUT2D eigenvalue weighted by Crippen LogP contribution is -2.54. The Bertz CT molecular complexity index is 1290. The van der Waals surface area contributed by atoms with Crippen LogP contribution in [0.1, 0.15) is 23.1 Å². The van der Waals surface area contributed by atoms with Crippen LogP contribution >= 0.6 is 0 Å². The molecule has 0 saturated carbocycles. The van der Waals surface area contributed by atoms with E-state index in [1.807, 2.05) is 40.5 Å². The number of carbonyl (C=O) groups is 1. The second-order valence-electron chi connectivity index (χ2n) is 7.94. The van der Waals surface area contributed by atoms with Gasteiger partial charge in [0.25, 0.3) is 5.91 Å². The van der Waals surface area contributed by atoms with Crippen LogP contribution in [0, 0.1) is 5.82 Å². The summed E-state index contributed by atoms with van der Waals surface area (Å²) >= 11 is 0. The van der Waals surface area contributed by atoms with E-state index in [1.54, 1.807) is 7.11 Å². The van der Waals surface area contributed by atoms with Gasteiger partial charge in [0.2, 0.25) is 5.95 Å². The Morgan fingerprint density at radius 2 is 1.91 bits per heavy atom. The van der Waals surface area contributed by atoms with Gasteiger partial charge in [-0.25, -0.2) is 13.8 Å². The molecule has 164 valence electrons. The predicted octanol–water partition coefficient (Wildman–Crippen LogP) is 2.91. The predicted molar refractivity (Wildman–Crippen MR) is 118 cm³/mol. The van der Waals surface area contributed by atoms with Crippen LogP contribution in [-0.2, 0) is 11.3 Å². The molecular weight excluding hydrogens is 411 g/mol. The highest BCUT2D eigenvalue weighted by atomic mass is 19.1. The van der Waals surface area contributed by atoms with E-state index in [4.69, 9.17) is 9.72 Å². The maximum Gasteiger partial charge on any atom is 0.254 e. The Morgan fingerprint density at radius 3 is 2.66 bits per heavy atom. The van der Waals surface area contributed by atoms with Crippen molar-refractivity contribution in [3.05, 3.63) is 65.7 Å². The first kappa shape index (κ1) is 20.3. The number of anilines is 1. The molecule has 0 aliphatic carbocycles. The molecule has 32 heavy (non-hydrogen) atoms. The highest BCUT2D eigenvalue weighted by Crippen LogP contribution is 2.26. The summed E-state index contributed by atoms with van der Waals surface area (Å²) < 4.78 is 20.5. The van der Waals surface area contributed by atoms with Crippen molar-refractivity contribution in [3.8, 4) is 0 Å². The third-order valence-electron chi connectivity index (χ3n) is 5.83. The second-order valence-corrected chi connectivity index (χ2v) is 7.94. The molecule has 4 aromatic rings. The summed E-state index contributed by atoms with van der Waals surface area (Å²) in [7, 11) is 1.62. The molecule has 3 heterocycles. The zero-order valence-corrected chi connectivity index (χ0v) is 17.9. The van der Waals surface area contributed by atoms with Crippen molar-refractivity contribution >= 4 is 28.4 Å². The third kappa shape index (κ3) is 3.44. The van der Waals surface area contributed by atoms with Gasteiger partial charge >= 0.3 is 0 Å². The van der Waals surface area contributed by atoms with Gasteiger partial charge < -0.3 is 14.5 Å². The van der Waals surface area contributed by atoms with E-state index in [0.717, 1.165) is 22.5 Å². The number of rotatable bonds is 4. The van der Waals surface area contributed by atoms with E-state index in [9.17, 15) is 9.18 Å². The molecule has 1 unspecified atom stereocenters. The highest BCUT2D eigenvalue weighted by molar-refractivity contribution is 5.95. The number of benzene rings is 2. The monoisotopic (exact) mass is 434 g/mol. The summed E-state index contributed by atoms with van der Waals surface area (Å²) in [6.07, 6.45) is 0. The molecule has 0 bridgehead atoms. The van der Waals surface area contributed by atoms with Crippen LogP contribution in [0.2, 0.25) is 0 Å². The van der Waals surface area contributed by atoms with Gasteiger partial charge in [0, 0.05) is 43.7 Å². The number of carbonyl (C=O) groups excluding carboxylic acids is 1. The van der Waals surface area contributed by atoms with Crippen molar-refractivity contribution in [2.24, 2.45) is 0 Å². The van der Waals surface area contributed by atoms with E-state index in [2.05, 4.69) is 15.1 Å². The van der Waals surface area contributed by atoms with Crippen molar-refractivity contribution in [1.29, 1.82) is 0 Å². The normalized spacial score (nSPS) is 16.8. The molecule has 9 heteroatoms. The molecular formula is C23H23FN6O2. The Morgan fingerprint density at radius 1 is 1.12 bits per heavy atom. The average molecular weight is 434 g/mol. The molecule has 1 fully saturated rings. The summed E-state index contributed by atoms with van der Waals surface area (Å²) in [6.45, 7) is 4.04. The second kappa shape index (κ2) is 8.16. The standard InChI is InChI=1S/C23H23FN6O2/c1-15-13-28(11-12-29(15)22(31)16-7-9-17(24)10-8-16)23-25-19-6-4-3-5-18(19)21-27-26-20(14-32-2)30(21)23/h3-10,15H,11-14H2,1-2H3. The first-order valence-corrected chi connectivity index (χ1v) is 10.5. The molecule has 1 aliphatic heterocycles. The summed E-state index contributed by atoms with van der Waals surface area (Å²) in [5.41, 5.74) is 2.05. The Labute approximate surface area is 184 Å². The molecule has 1 aliphatic rings. The molecule has 1 saturated heterocycles. The lowest BCUT2D eigenvalue weighted by atomic mass is 10.1. The number of hydrogen-bond donors (Lipinski definition) is 0. The van der Waals surface area contributed by atoms with E-state index in [0.29, 0.717) is 37.6 Å². The molecule has 2 aromatic heterocycles. The lowest BCUT2D eigenvalue weighted by Gasteiger charge is -2.40. The maximum atomic E-state index is 13.2. The fraction of sp³-hybridized carbons (Fsp3) is 0.304. The number of halogens is 1. The van der Waals surface area contributed by atoms with Crippen LogP contribution in [0.25, 0.3) is 16.6 Å². The van der Waals surface area contributed by atoms with Gasteiger partial charge in [0.05, 0.1) is 5.52 Å².